The highest BCUT2D eigenvalue weighted by atomic mass is 16.6. The van der Waals surface area contributed by atoms with Gasteiger partial charge in [0.1, 0.15) is 0 Å². The zero-order valence-electron chi connectivity index (χ0n) is 14.9. The summed E-state index contributed by atoms with van der Waals surface area (Å²) in [4.78, 5) is 0. The van der Waals surface area contributed by atoms with Crippen LogP contribution < -0.4 is 11.6 Å². The normalized spacial score (nSPS) is 10.4. The van der Waals surface area contributed by atoms with E-state index in [0.717, 1.165) is 25.7 Å². The number of hydrogen-bond donors (Lipinski definition) is 1. The number of hydrogen-bond acceptors (Lipinski definition) is 3. The van der Waals surface area contributed by atoms with Crippen molar-refractivity contribution in [3.63, 3.8) is 0 Å². The minimum Gasteiger partial charge on any atom is -0.410 e. The van der Waals surface area contributed by atoms with Crippen molar-refractivity contribution in [2.45, 2.75) is 60.3 Å². The van der Waals surface area contributed by atoms with E-state index in [-0.39, 0.29) is 13.3 Å². The van der Waals surface area contributed by atoms with Crippen LogP contribution in [0.15, 0.2) is 0 Å². The Hall–Kier alpha value is -0.835. The second-order valence-corrected chi connectivity index (χ2v) is 5.17. The lowest BCUT2D eigenvalue weighted by Crippen LogP contribution is -2.41. The smallest absolute Gasteiger partial charge is 0.410 e. The van der Waals surface area contributed by atoms with E-state index in [1.165, 1.54) is 33.3 Å². The van der Waals surface area contributed by atoms with Gasteiger partial charge in [-0.2, -0.15) is 0 Å². The van der Waals surface area contributed by atoms with Crippen molar-refractivity contribution in [2.24, 2.45) is 0 Å². The van der Waals surface area contributed by atoms with Gasteiger partial charge in [0.25, 0.3) is 0 Å². The van der Waals surface area contributed by atoms with Crippen LogP contribution in [0.25, 0.3) is 0 Å². The van der Waals surface area contributed by atoms with E-state index in [9.17, 15) is 0 Å². The van der Waals surface area contributed by atoms with Crippen LogP contribution >= 0.6 is 0 Å². The predicted octanol–water partition coefficient (Wildman–Crippen LogP) is 3.39. The lowest BCUT2D eigenvalue weighted by molar-refractivity contribution is 0.291. The zero-order valence-corrected chi connectivity index (χ0v) is 14.9. The van der Waals surface area contributed by atoms with Crippen LogP contribution in [0, 0.1) is 6.92 Å². The van der Waals surface area contributed by atoms with Gasteiger partial charge in [0.15, 0.2) is 0 Å². The van der Waals surface area contributed by atoms with Gasteiger partial charge in [-0.1, -0.05) is 27.7 Å². The molecule has 1 aromatic carbocycles. The molecule has 120 valence electrons. The van der Waals surface area contributed by atoms with E-state index in [1.807, 2.05) is 0 Å². The van der Waals surface area contributed by atoms with Gasteiger partial charge in [0, 0.05) is 14.2 Å². The molecule has 0 bridgehead atoms. The molecule has 0 fully saturated rings. The molecule has 0 aliphatic rings. The molecule has 1 aromatic rings. The van der Waals surface area contributed by atoms with Crippen LogP contribution in [0.1, 0.15) is 55.5 Å². The molecule has 0 saturated carbocycles. The monoisotopic (exact) mass is 293 g/mol. The maximum absolute atomic E-state index is 5.58. The van der Waals surface area contributed by atoms with Gasteiger partial charge in [-0.15, -0.1) is 0 Å². The summed E-state index contributed by atoms with van der Waals surface area (Å²) in [6.07, 6.45) is 4.22. The van der Waals surface area contributed by atoms with E-state index in [1.54, 1.807) is 14.2 Å². The molecule has 0 aromatic heterocycles. The Kier molecular flexibility index (Phi) is 8.87. The third-order valence-electron chi connectivity index (χ3n) is 4.36. The second kappa shape index (κ2) is 9.24. The molecule has 0 aliphatic carbocycles. The minimum absolute atomic E-state index is 0. The summed E-state index contributed by atoms with van der Waals surface area (Å²) in [6.45, 7) is 11.2. The van der Waals surface area contributed by atoms with Crippen LogP contribution in [0.5, 0.6) is 0 Å². The first kappa shape index (κ1) is 20.2. The van der Waals surface area contributed by atoms with Gasteiger partial charge in [-0.3, -0.25) is 0 Å². The Balaban J connectivity index is 0.00000400. The van der Waals surface area contributed by atoms with Crippen molar-refractivity contribution in [2.75, 3.05) is 14.2 Å². The minimum atomic E-state index is -0.255. The molecule has 21 heavy (non-hydrogen) atoms. The Bertz CT molecular complexity index is 457. The maximum atomic E-state index is 5.58. The molecule has 0 saturated heterocycles. The average Bonchev–Trinajstić information content (AvgIpc) is 2.47. The van der Waals surface area contributed by atoms with Crippen molar-refractivity contribution in [3.8, 4) is 0 Å². The Morgan fingerprint density at radius 1 is 0.714 bits per heavy atom. The van der Waals surface area contributed by atoms with Crippen molar-refractivity contribution in [3.05, 3.63) is 27.8 Å². The summed E-state index contributed by atoms with van der Waals surface area (Å²) in [5.74, 6) is 0. The summed E-state index contributed by atoms with van der Waals surface area (Å²) < 4.78 is 11.2. The van der Waals surface area contributed by atoms with Crippen LogP contribution in [-0.4, -0.2) is 21.3 Å². The fourth-order valence-corrected chi connectivity index (χ4v) is 3.52. The molecule has 0 unspecified atom stereocenters. The van der Waals surface area contributed by atoms with Gasteiger partial charge < -0.3 is 15.5 Å². The largest absolute Gasteiger partial charge is 0.494 e. The van der Waals surface area contributed by atoms with E-state index in [4.69, 9.17) is 9.31 Å². The molecular weight excluding hydrogens is 261 g/mol. The van der Waals surface area contributed by atoms with E-state index < -0.39 is 0 Å². The van der Waals surface area contributed by atoms with Crippen LogP contribution in [-0.2, 0) is 35.0 Å². The zero-order chi connectivity index (χ0) is 15.3. The first-order valence-electron chi connectivity index (χ1n) is 7.82. The molecule has 0 spiro atoms. The van der Waals surface area contributed by atoms with Crippen molar-refractivity contribution < 1.29 is 9.31 Å². The van der Waals surface area contributed by atoms with E-state index >= 15 is 0 Å². The number of benzene rings is 1. The third-order valence-corrected chi connectivity index (χ3v) is 4.36. The molecule has 0 atom stereocenters. The van der Waals surface area contributed by atoms with Crippen LogP contribution in [0.3, 0.4) is 0 Å². The lowest BCUT2D eigenvalue weighted by atomic mass is 9.67. The quantitative estimate of drug-likeness (QED) is 0.784. The fraction of sp³-hybridized carbons (Fsp3) is 0.647. The van der Waals surface area contributed by atoms with E-state index in [2.05, 4.69) is 34.6 Å². The summed E-state index contributed by atoms with van der Waals surface area (Å²) in [5, 5.41) is 0. The second-order valence-electron chi connectivity index (χ2n) is 5.17. The SMILES string of the molecule is CCc1c(C)c(CC)c(B(OC)OC)c(CC)c1CC.N. The summed E-state index contributed by atoms with van der Waals surface area (Å²) in [7, 11) is 3.19. The molecule has 0 heterocycles. The van der Waals surface area contributed by atoms with Gasteiger partial charge in [0.2, 0.25) is 0 Å². The van der Waals surface area contributed by atoms with Gasteiger partial charge in [-0.25, -0.2) is 0 Å². The Labute approximate surface area is 131 Å². The first-order chi connectivity index (χ1) is 9.60. The highest BCUT2D eigenvalue weighted by molar-refractivity contribution is 6.62. The van der Waals surface area contributed by atoms with E-state index in [0.29, 0.717) is 0 Å². The molecule has 1 rings (SSSR count). The summed E-state index contributed by atoms with van der Waals surface area (Å²) >= 11 is 0. The Morgan fingerprint density at radius 3 is 1.48 bits per heavy atom. The van der Waals surface area contributed by atoms with Crippen LogP contribution in [0.4, 0.5) is 0 Å². The Morgan fingerprint density at radius 2 is 1.14 bits per heavy atom. The topological polar surface area (TPSA) is 53.5 Å². The fourth-order valence-electron chi connectivity index (χ4n) is 3.52. The van der Waals surface area contributed by atoms with Crippen LogP contribution in [0.2, 0.25) is 0 Å². The lowest BCUT2D eigenvalue weighted by Gasteiger charge is -2.25. The van der Waals surface area contributed by atoms with Crippen molar-refractivity contribution in [1.29, 1.82) is 0 Å². The molecule has 4 heteroatoms. The first-order valence-corrected chi connectivity index (χ1v) is 7.82. The average molecular weight is 293 g/mol. The summed E-state index contributed by atoms with van der Waals surface area (Å²) in [5.41, 5.74) is 8.56. The highest BCUT2D eigenvalue weighted by Gasteiger charge is 2.28. The molecule has 0 aliphatic heterocycles. The van der Waals surface area contributed by atoms with Gasteiger partial charge >= 0.3 is 7.12 Å². The van der Waals surface area contributed by atoms with Gasteiger partial charge in [0.05, 0.1) is 0 Å². The number of rotatable bonds is 7. The third kappa shape index (κ3) is 3.68. The van der Waals surface area contributed by atoms with Gasteiger partial charge in [-0.05, 0) is 65.9 Å². The standard InChI is InChI=1S/C17H29BO2.H3N/c1-8-13-12(5)14(9-2)17(18(19-6)20-7)16(11-4)15(13)10-3;/h8-11H2,1-7H3;1H3. The molecule has 3 N–H and O–H groups in total. The molecule has 0 amide bonds. The molecular formula is C17H32BNO2. The molecule has 3 nitrogen and oxygen atoms in total. The summed E-state index contributed by atoms with van der Waals surface area (Å²) in [6, 6.07) is 0. The maximum Gasteiger partial charge on any atom is 0.494 e. The van der Waals surface area contributed by atoms with Crippen molar-refractivity contribution in [1.82, 2.24) is 6.15 Å². The molecule has 0 radical (unpaired) electrons. The van der Waals surface area contributed by atoms with Crippen molar-refractivity contribution >= 4 is 12.6 Å². The highest BCUT2D eigenvalue weighted by Crippen LogP contribution is 2.25. The predicted molar refractivity (Wildman–Crippen MR) is 93.1 cm³/mol.